The summed E-state index contributed by atoms with van der Waals surface area (Å²) in [6.07, 6.45) is 4.48. The van der Waals surface area contributed by atoms with Crippen molar-refractivity contribution in [1.82, 2.24) is 0 Å². The number of hydrogen-bond acceptors (Lipinski definition) is 5. The molecule has 6 atom stereocenters. The summed E-state index contributed by atoms with van der Waals surface area (Å²) in [5.74, 6) is 0. The van der Waals surface area contributed by atoms with E-state index in [9.17, 15) is 0 Å². The van der Waals surface area contributed by atoms with Crippen LogP contribution in [0.2, 0.25) is 0 Å². The van der Waals surface area contributed by atoms with Gasteiger partial charge in [-0.05, 0) is 53.4 Å². The minimum absolute atomic E-state index is 0.0614. The predicted octanol–water partition coefficient (Wildman–Crippen LogP) is 5.00. The highest BCUT2D eigenvalue weighted by Crippen LogP contribution is 2.15. The Hall–Kier alpha value is -0.200. The minimum atomic E-state index is -0.0975. The molecule has 0 aliphatic carbocycles. The fraction of sp³-hybridized carbons (Fsp3) is 1.00. The summed E-state index contributed by atoms with van der Waals surface area (Å²) in [6.45, 7) is 17.9. The first-order chi connectivity index (χ1) is 12.8. The maximum Gasteiger partial charge on any atom is 0.104 e. The van der Waals surface area contributed by atoms with Crippen LogP contribution in [0, 0.1) is 0 Å². The van der Waals surface area contributed by atoms with Gasteiger partial charge in [-0.2, -0.15) is 0 Å². The van der Waals surface area contributed by atoms with Gasteiger partial charge < -0.3 is 23.7 Å². The second kappa shape index (κ2) is 15.7. The second-order valence-electron chi connectivity index (χ2n) is 7.54. The van der Waals surface area contributed by atoms with Gasteiger partial charge in [-0.25, -0.2) is 0 Å². The van der Waals surface area contributed by atoms with Gasteiger partial charge in [-0.1, -0.05) is 27.7 Å². The third kappa shape index (κ3) is 11.4. The van der Waals surface area contributed by atoms with Gasteiger partial charge in [0.05, 0.1) is 49.8 Å². The average molecular weight is 391 g/mol. The van der Waals surface area contributed by atoms with Gasteiger partial charge in [0.2, 0.25) is 0 Å². The van der Waals surface area contributed by atoms with Crippen LogP contribution in [-0.2, 0) is 23.7 Å². The minimum Gasteiger partial charge on any atom is -0.377 e. The molecule has 0 aliphatic rings. The van der Waals surface area contributed by atoms with E-state index in [4.69, 9.17) is 23.7 Å². The van der Waals surface area contributed by atoms with E-state index in [0.717, 1.165) is 25.7 Å². The molecular weight excluding hydrogens is 344 g/mol. The first-order valence-corrected chi connectivity index (χ1v) is 10.9. The quantitative estimate of drug-likeness (QED) is 0.350. The maximum atomic E-state index is 6.10. The van der Waals surface area contributed by atoms with Gasteiger partial charge in [-0.3, -0.25) is 0 Å². The normalized spacial score (nSPS) is 19.9. The van der Waals surface area contributed by atoms with Crippen LogP contribution in [0.5, 0.6) is 0 Å². The Labute approximate surface area is 168 Å². The average Bonchev–Trinajstić information content (AvgIpc) is 2.66. The molecule has 27 heavy (non-hydrogen) atoms. The molecule has 0 radical (unpaired) electrons. The highest BCUT2D eigenvalue weighted by Gasteiger charge is 2.23. The zero-order valence-electron chi connectivity index (χ0n) is 19.3. The van der Waals surface area contributed by atoms with Gasteiger partial charge in [0, 0.05) is 7.11 Å². The summed E-state index contributed by atoms with van der Waals surface area (Å²) < 4.78 is 29.8. The summed E-state index contributed by atoms with van der Waals surface area (Å²) in [6, 6.07) is 0. The maximum absolute atomic E-state index is 6.10. The molecule has 0 saturated carbocycles. The van der Waals surface area contributed by atoms with Crippen molar-refractivity contribution in [3.8, 4) is 0 Å². The molecule has 0 saturated heterocycles. The van der Waals surface area contributed by atoms with Gasteiger partial charge in [0.15, 0.2) is 0 Å². The molecule has 0 spiro atoms. The van der Waals surface area contributed by atoms with Crippen LogP contribution in [0.1, 0.15) is 81.1 Å². The summed E-state index contributed by atoms with van der Waals surface area (Å²) in [5.41, 5.74) is 0. The molecule has 0 aromatic heterocycles. The fourth-order valence-corrected chi connectivity index (χ4v) is 2.92. The van der Waals surface area contributed by atoms with Crippen LogP contribution in [-0.4, -0.2) is 63.1 Å². The molecule has 0 aromatic rings. The van der Waals surface area contributed by atoms with Crippen molar-refractivity contribution in [1.29, 1.82) is 0 Å². The Morgan fingerprint density at radius 2 is 0.963 bits per heavy atom. The van der Waals surface area contributed by atoms with E-state index in [1.807, 2.05) is 0 Å². The van der Waals surface area contributed by atoms with Crippen LogP contribution in [0.3, 0.4) is 0 Å². The molecule has 0 aliphatic heterocycles. The van der Waals surface area contributed by atoms with E-state index in [1.54, 1.807) is 7.11 Å². The molecule has 0 amide bonds. The SMILES string of the molecule is CCC(C)OC(C)C(CC)OCC(COC(CC)C(C)OC(C)CC)OC. The predicted molar refractivity (Wildman–Crippen MR) is 111 cm³/mol. The first kappa shape index (κ1) is 26.8. The van der Waals surface area contributed by atoms with Crippen molar-refractivity contribution in [3.05, 3.63) is 0 Å². The Bertz CT molecular complexity index is 309. The Morgan fingerprint density at radius 3 is 1.22 bits per heavy atom. The summed E-state index contributed by atoms with van der Waals surface area (Å²) in [4.78, 5) is 0. The molecule has 0 heterocycles. The van der Waals surface area contributed by atoms with Gasteiger partial charge >= 0.3 is 0 Å². The van der Waals surface area contributed by atoms with Gasteiger partial charge in [0.25, 0.3) is 0 Å². The van der Waals surface area contributed by atoms with E-state index < -0.39 is 0 Å². The van der Waals surface area contributed by atoms with Crippen LogP contribution < -0.4 is 0 Å². The topological polar surface area (TPSA) is 46.2 Å². The van der Waals surface area contributed by atoms with Gasteiger partial charge in [0.1, 0.15) is 6.10 Å². The fourth-order valence-electron chi connectivity index (χ4n) is 2.92. The molecule has 0 aromatic carbocycles. The Kier molecular flexibility index (Phi) is 15.6. The van der Waals surface area contributed by atoms with Crippen LogP contribution in [0.25, 0.3) is 0 Å². The molecule has 6 unspecified atom stereocenters. The molecule has 5 heteroatoms. The van der Waals surface area contributed by atoms with Crippen molar-refractivity contribution < 1.29 is 23.7 Å². The number of rotatable bonds is 17. The van der Waals surface area contributed by atoms with Crippen molar-refractivity contribution in [2.45, 2.75) is 124 Å². The molecule has 0 N–H and O–H groups in total. The number of methoxy groups -OCH3 is 1. The standard InChI is InChI=1S/C22H46O5/c1-10-16(5)26-18(7)21(12-3)24-14-20(23-9)15-25-22(13-4)19(8)27-17(6)11-2/h16-22H,10-15H2,1-9H3. The zero-order valence-corrected chi connectivity index (χ0v) is 19.3. The van der Waals surface area contributed by atoms with Crippen molar-refractivity contribution >= 4 is 0 Å². The van der Waals surface area contributed by atoms with Gasteiger partial charge in [-0.15, -0.1) is 0 Å². The summed E-state index contributed by atoms with van der Waals surface area (Å²) >= 11 is 0. The third-order valence-electron chi connectivity index (χ3n) is 5.22. The molecular formula is C22H46O5. The first-order valence-electron chi connectivity index (χ1n) is 10.9. The van der Waals surface area contributed by atoms with E-state index in [1.165, 1.54) is 0 Å². The van der Waals surface area contributed by atoms with Crippen LogP contribution >= 0.6 is 0 Å². The van der Waals surface area contributed by atoms with E-state index >= 15 is 0 Å². The van der Waals surface area contributed by atoms with Crippen molar-refractivity contribution in [2.75, 3.05) is 20.3 Å². The Balaban J connectivity index is 4.45. The lowest BCUT2D eigenvalue weighted by atomic mass is 10.1. The molecule has 0 rings (SSSR count). The molecule has 164 valence electrons. The Morgan fingerprint density at radius 1 is 0.593 bits per heavy atom. The van der Waals surface area contributed by atoms with E-state index in [2.05, 4.69) is 55.4 Å². The number of ether oxygens (including phenoxy) is 5. The lowest BCUT2D eigenvalue weighted by Gasteiger charge is -2.29. The third-order valence-corrected chi connectivity index (χ3v) is 5.22. The largest absolute Gasteiger partial charge is 0.377 e. The highest BCUT2D eigenvalue weighted by atomic mass is 16.6. The molecule has 5 nitrogen and oxygen atoms in total. The van der Waals surface area contributed by atoms with Crippen LogP contribution in [0.4, 0.5) is 0 Å². The molecule has 0 bridgehead atoms. The van der Waals surface area contributed by atoms with Crippen LogP contribution in [0.15, 0.2) is 0 Å². The number of hydrogen-bond donors (Lipinski definition) is 0. The second-order valence-corrected chi connectivity index (χ2v) is 7.54. The molecule has 0 fully saturated rings. The van der Waals surface area contributed by atoms with Crippen molar-refractivity contribution in [3.63, 3.8) is 0 Å². The smallest absolute Gasteiger partial charge is 0.104 e. The lowest BCUT2D eigenvalue weighted by Crippen LogP contribution is -2.37. The monoisotopic (exact) mass is 390 g/mol. The van der Waals surface area contributed by atoms with E-state index in [0.29, 0.717) is 13.2 Å². The summed E-state index contributed by atoms with van der Waals surface area (Å²) in [7, 11) is 1.71. The lowest BCUT2D eigenvalue weighted by molar-refractivity contribution is -0.138. The zero-order chi connectivity index (χ0) is 20.8. The highest BCUT2D eigenvalue weighted by molar-refractivity contribution is 4.70. The van der Waals surface area contributed by atoms with Crippen molar-refractivity contribution in [2.24, 2.45) is 0 Å². The van der Waals surface area contributed by atoms with E-state index in [-0.39, 0.29) is 42.7 Å². The summed E-state index contributed by atoms with van der Waals surface area (Å²) in [5, 5.41) is 0.